The maximum absolute atomic E-state index is 13.0. The Hall–Kier alpha value is -2.97. The van der Waals surface area contributed by atoms with Gasteiger partial charge in [-0.3, -0.25) is 9.47 Å². The molecule has 2 aromatic carbocycles. The van der Waals surface area contributed by atoms with Crippen LogP contribution >= 0.6 is 23.1 Å². The van der Waals surface area contributed by atoms with Crippen molar-refractivity contribution in [3.63, 3.8) is 0 Å². The van der Waals surface area contributed by atoms with E-state index in [9.17, 15) is 4.79 Å². The maximum atomic E-state index is 13.0. The quantitative estimate of drug-likeness (QED) is 0.271. The number of nitrogens with zero attached hydrogens (tertiary/aromatic N) is 5. The molecule has 0 atom stereocenters. The number of halogens is 1. The first kappa shape index (κ1) is 24.4. The van der Waals surface area contributed by atoms with E-state index in [1.807, 2.05) is 39.0 Å². The van der Waals surface area contributed by atoms with E-state index in [0.29, 0.717) is 29.9 Å². The Morgan fingerprint density at radius 3 is 2.57 bits per heavy atom. The number of hydrogen-bond donors (Lipinski definition) is 0. The summed E-state index contributed by atoms with van der Waals surface area (Å²) >= 11 is 7.98. The van der Waals surface area contributed by atoms with E-state index in [1.54, 1.807) is 16.4 Å². The average molecular weight is 536 g/mol. The van der Waals surface area contributed by atoms with Gasteiger partial charge in [-0.25, -0.2) is 4.79 Å². The molecule has 0 N–H and O–H groups in total. The lowest BCUT2D eigenvalue weighted by atomic mass is 9.79. The standard InChI is InChI=1S/C28H30ClN5O2S/c1-28(2,3)36-27(35)33-15-19-14-20(29)12-13-22(19)34-24(16-33)30-31-26(34)18-10-8-17(9-11-18)25-21-6-4-5-7-23(21)37-32-25/h4-7,12-14,17-18H,8-11,15-16H2,1-3H3/t17-,18+. The van der Waals surface area contributed by atoms with Crippen LogP contribution in [0.4, 0.5) is 4.79 Å². The number of rotatable bonds is 2. The van der Waals surface area contributed by atoms with Crippen LogP contribution in [0.3, 0.4) is 0 Å². The monoisotopic (exact) mass is 535 g/mol. The zero-order valence-electron chi connectivity index (χ0n) is 21.3. The predicted molar refractivity (Wildman–Crippen MR) is 145 cm³/mol. The first-order chi connectivity index (χ1) is 17.8. The van der Waals surface area contributed by atoms with Gasteiger partial charge in [0, 0.05) is 22.2 Å². The summed E-state index contributed by atoms with van der Waals surface area (Å²) in [5.74, 6) is 2.47. The zero-order valence-corrected chi connectivity index (χ0v) is 22.8. The second-order valence-electron chi connectivity index (χ2n) is 11.0. The summed E-state index contributed by atoms with van der Waals surface area (Å²) in [4.78, 5) is 14.7. The average Bonchev–Trinajstić information content (AvgIpc) is 3.43. The molecular weight excluding hydrogens is 506 g/mol. The highest BCUT2D eigenvalue weighted by atomic mass is 35.5. The Bertz CT molecular complexity index is 1470. The van der Waals surface area contributed by atoms with Gasteiger partial charge in [-0.1, -0.05) is 29.8 Å². The number of carbonyl (C=O) groups is 1. The normalized spacial score (nSPS) is 19.8. The molecule has 1 aliphatic heterocycles. The fourth-order valence-electron chi connectivity index (χ4n) is 5.57. The molecule has 37 heavy (non-hydrogen) atoms. The van der Waals surface area contributed by atoms with Crippen molar-refractivity contribution in [1.82, 2.24) is 24.0 Å². The van der Waals surface area contributed by atoms with Crippen molar-refractivity contribution in [3.8, 4) is 5.69 Å². The molecule has 3 heterocycles. The van der Waals surface area contributed by atoms with E-state index in [1.165, 1.54) is 15.8 Å². The SMILES string of the molecule is CC(C)(C)OC(=O)N1Cc2cc(Cl)ccc2-n2c(nnc2[C@H]2CC[C@@H](c3nsc4ccccc43)CC2)C1. The van der Waals surface area contributed by atoms with Gasteiger partial charge >= 0.3 is 6.09 Å². The highest BCUT2D eigenvalue weighted by Crippen LogP contribution is 2.43. The molecule has 0 radical (unpaired) electrons. The van der Waals surface area contributed by atoms with Crippen molar-refractivity contribution < 1.29 is 9.53 Å². The molecular formula is C28H30ClN5O2S. The Morgan fingerprint density at radius 2 is 1.78 bits per heavy atom. The number of hydrogen-bond acceptors (Lipinski definition) is 6. The lowest BCUT2D eigenvalue weighted by molar-refractivity contribution is 0.0214. The molecule has 9 heteroatoms. The maximum Gasteiger partial charge on any atom is 0.411 e. The topological polar surface area (TPSA) is 73.1 Å². The molecule has 2 aromatic heterocycles. The van der Waals surface area contributed by atoms with Crippen molar-refractivity contribution in [3.05, 3.63) is 70.4 Å². The van der Waals surface area contributed by atoms with Crippen LogP contribution < -0.4 is 0 Å². The van der Waals surface area contributed by atoms with Crippen LogP contribution in [0.25, 0.3) is 15.8 Å². The minimum absolute atomic E-state index is 0.291. The van der Waals surface area contributed by atoms with Gasteiger partial charge in [0.2, 0.25) is 0 Å². The van der Waals surface area contributed by atoms with E-state index < -0.39 is 5.60 Å². The van der Waals surface area contributed by atoms with E-state index in [-0.39, 0.29) is 6.09 Å². The summed E-state index contributed by atoms with van der Waals surface area (Å²) in [7, 11) is 0. The van der Waals surface area contributed by atoms with Crippen molar-refractivity contribution in [1.29, 1.82) is 0 Å². The highest BCUT2D eigenvalue weighted by molar-refractivity contribution is 7.13. The molecule has 1 saturated carbocycles. The molecule has 1 aliphatic carbocycles. The third-order valence-electron chi connectivity index (χ3n) is 7.27. The van der Waals surface area contributed by atoms with Gasteiger partial charge < -0.3 is 4.74 Å². The Balaban J connectivity index is 1.29. The van der Waals surface area contributed by atoms with Gasteiger partial charge in [0.15, 0.2) is 5.82 Å². The van der Waals surface area contributed by atoms with Gasteiger partial charge in [0.1, 0.15) is 11.4 Å². The highest BCUT2D eigenvalue weighted by Gasteiger charge is 2.34. The first-order valence-corrected chi connectivity index (χ1v) is 14.0. The second-order valence-corrected chi connectivity index (χ2v) is 12.3. The Kier molecular flexibility index (Phi) is 6.19. The van der Waals surface area contributed by atoms with Crippen molar-refractivity contribution >= 4 is 39.3 Å². The zero-order chi connectivity index (χ0) is 25.7. The number of carbonyl (C=O) groups excluding carboxylic acids is 1. The lowest BCUT2D eigenvalue weighted by Gasteiger charge is -2.27. The summed E-state index contributed by atoms with van der Waals surface area (Å²) in [5, 5.41) is 11.2. The summed E-state index contributed by atoms with van der Waals surface area (Å²) in [6.07, 6.45) is 3.81. The molecule has 0 bridgehead atoms. The van der Waals surface area contributed by atoms with Crippen LogP contribution in [-0.2, 0) is 17.8 Å². The molecule has 7 nitrogen and oxygen atoms in total. The van der Waals surface area contributed by atoms with Crippen LogP contribution in [0, 0.1) is 0 Å². The van der Waals surface area contributed by atoms with Crippen LogP contribution in [0.2, 0.25) is 5.02 Å². The number of amides is 1. The van der Waals surface area contributed by atoms with E-state index in [0.717, 1.165) is 48.6 Å². The van der Waals surface area contributed by atoms with Gasteiger partial charge in [-0.05, 0) is 87.8 Å². The van der Waals surface area contributed by atoms with Crippen molar-refractivity contribution in [2.45, 2.75) is 77.0 Å². The van der Waals surface area contributed by atoms with Crippen LogP contribution in [0.1, 0.15) is 81.2 Å². The Labute approximate surface area is 225 Å². The molecule has 0 unspecified atom stereocenters. The van der Waals surface area contributed by atoms with Gasteiger partial charge in [0.05, 0.1) is 29.2 Å². The van der Waals surface area contributed by atoms with E-state index in [4.69, 9.17) is 20.7 Å². The van der Waals surface area contributed by atoms with Gasteiger partial charge in [-0.15, -0.1) is 10.2 Å². The predicted octanol–water partition coefficient (Wildman–Crippen LogP) is 7.22. The molecule has 0 saturated heterocycles. The van der Waals surface area contributed by atoms with E-state index in [2.05, 4.69) is 39.0 Å². The molecule has 0 spiro atoms. The number of benzene rings is 2. The second kappa shape index (κ2) is 9.40. The molecule has 6 rings (SSSR count). The van der Waals surface area contributed by atoms with Crippen LogP contribution in [0.5, 0.6) is 0 Å². The van der Waals surface area contributed by atoms with Crippen LogP contribution in [-0.4, -0.2) is 35.7 Å². The summed E-state index contributed by atoms with van der Waals surface area (Å²) in [6.45, 7) is 6.35. The molecule has 1 amide bonds. The van der Waals surface area contributed by atoms with Crippen molar-refractivity contribution in [2.75, 3.05) is 0 Å². The van der Waals surface area contributed by atoms with Crippen molar-refractivity contribution in [2.24, 2.45) is 0 Å². The minimum atomic E-state index is -0.583. The number of fused-ring (bicyclic) bond motifs is 4. The largest absolute Gasteiger partial charge is 0.444 e. The fraction of sp³-hybridized carbons (Fsp3) is 0.429. The van der Waals surface area contributed by atoms with E-state index >= 15 is 0 Å². The molecule has 2 aliphatic rings. The lowest BCUT2D eigenvalue weighted by Crippen LogP contribution is -2.35. The number of ether oxygens (including phenoxy) is 1. The minimum Gasteiger partial charge on any atom is -0.444 e. The molecule has 192 valence electrons. The summed E-state index contributed by atoms with van der Waals surface area (Å²) < 4.78 is 13.9. The summed E-state index contributed by atoms with van der Waals surface area (Å²) in [6, 6.07) is 14.3. The van der Waals surface area contributed by atoms with Gasteiger partial charge in [-0.2, -0.15) is 4.37 Å². The Morgan fingerprint density at radius 1 is 1.03 bits per heavy atom. The van der Waals surface area contributed by atoms with Crippen LogP contribution in [0.15, 0.2) is 42.5 Å². The number of aromatic nitrogens is 4. The fourth-order valence-corrected chi connectivity index (χ4v) is 6.62. The summed E-state index contributed by atoms with van der Waals surface area (Å²) in [5.41, 5.74) is 2.60. The smallest absolute Gasteiger partial charge is 0.411 e. The molecule has 1 fully saturated rings. The third kappa shape index (κ3) is 4.73. The molecule has 4 aromatic rings. The first-order valence-electron chi connectivity index (χ1n) is 12.8. The third-order valence-corrected chi connectivity index (χ3v) is 8.34. The van der Waals surface area contributed by atoms with Gasteiger partial charge in [0.25, 0.3) is 0 Å².